The van der Waals surface area contributed by atoms with Gasteiger partial charge in [-0.3, -0.25) is 0 Å². The maximum absolute atomic E-state index is 3.62. The number of hydrogen-bond donors (Lipinski definition) is 1. The fraction of sp³-hybridized carbons (Fsp3) is 1.00. The predicted molar refractivity (Wildman–Crippen MR) is 52.1 cm³/mol. The van der Waals surface area contributed by atoms with Gasteiger partial charge in [0.1, 0.15) is 0 Å². The summed E-state index contributed by atoms with van der Waals surface area (Å²) in [4.78, 5) is 0. The van der Waals surface area contributed by atoms with Crippen LogP contribution in [0.25, 0.3) is 0 Å². The normalized spacial score (nSPS) is 41.8. The molecule has 1 nitrogen and oxygen atoms in total. The van der Waals surface area contributed by atoms with Crippen LogP contribution in [0.15, 0.2) is 0 Å². The molecule has 0 aromatic heterocycles. The number of rotatable bonds is 1. The molecule has 12 heavy (non-hydrogen) atoms. The van der Waals surface area contributed by atoms with E-state index in [0.717, 1.165) is 11.8 Å². The van der Waals surface area contributed by atoms with E-state index in [2.05, 4.69) is 19.2 Å². The second kappa shape index (κ2) is 3.02. The highest BCUT2D eigenvalue weighted by Gasteiger charge is 2.49. The SMILES string of the molecule is CC(C)[C@@H]1CCCCC[C@]12CN2. The van der Waals surface area contributed by atoms with Gasteiger partial charge < -0.3 is 5.32 Å². The molecule has 0 radical (unpaired) electrons. The van der Waals surface area contributed by atoms with Crippen molar-refractivity contribution in [2.45, 2.75) is 51.5 Å². The molecule has 0 aromatic carbocycles. The van der Waals surface area contributed by atoms with E-state index in [0.29, 0.717) is 5.54 Å². The van der Waals surface area contributed by atoms with Crippen molar-refractivity contribution in [1.82, 2.24) is 5.32 Å². The van der Waals surface area contributed by atoms with E-state index >= 15 is 0 Å². The van der Waals surface area contributed by atoms with Crippen molar-refractivity contribution in [2.75, 3.05) is 6.54 Å². The Kier molecular flexibility index (Phi) is 2.16. The van der Waals surface area contributed by atoms with E-state index in [9.17, 15) is 0 Å². The smallest absolute Gasteiger partial charge is 0.0337 e. The van der Waals surface area contributed by atoms with E-state index < -0.39 is 0 Å². The highest BCUT2D eigenvalue weighted by atomic mass is 15.2. The fourth-order valence-corrected chi connectivity index (χ4v) is 2.97. The van der Waals surface area contributed by atoms with E-state index in [1.54, 1.807) is 0 Å². The van der Waals surface area contributed by atoms with Crippen LogP contribution in [0, 0.1) is 11.8 Å². The molecule has 1 aliphatic heterocycles. The molecule has 0 aromatic rings. The van der Waals surface area contributed by atoms with Crippen molar-refractivity contribution in [3.8, 4) is 0 Å². The third-order valence-electron chi connectivity index (χ3n) is 3.78. The molecule has 1 heteroatoms. The second-order valence-electron chi connectivity index (χ2n) is 4.96. The van der Waals surface area contributed by atoms with Crippen molar-refractivity contribution in [1.29, 1.82) is 0 Å². The first kappa shape index (κ1) is 8.55. The van der Waals surface area contributed by atoms with Crippen molar-refractivity contribution >= 4 is 0 Å². The summed E-state index contributed by atoms with van der Waals surface area (Å²) in [6.45, 7) is 6.07. The molecule has 1 spiro atoms. The van der Waals surface area contributed by atoms with Gasteiger partial charge in [0.05, 0.1) is 0 Å². The highest BCUT2D eigenvalue weighted by Crippen LogP contribution is 2.42. The maximum Gasteiger partial charge on any atom is 0.0337 e. The molecule has 2 fully saturated rings. The molecule has 0 amide bonds. The molecule has 2 aliphatic rings. The lowest BCUT2D eigenvalue weighted by atomic mass is 9.79. The molecular weight excluding hydrogens is 146 g/mol. The molecule has 70 valence electrons. The Labute approximate surface area is 75.9 Å². The third-order valence-corrected chi connectivity index (χ3v) is 3.78. The quantitative estimate of drug-likeness (QED) is 0.596. The van der Waals surface area contributed by atoms with Crippen LogP contribution in [0.2, 0.25) is 0 Å². The van der Waals surface area contributed by atoms with Gasteiger partial charge in [0.25, 0.3) is 0 Å². The number of nitrogens with one attached hydrogen (secondary N) is 1. The summed E-state index contributed by atoms with van der Waals surface area (Å²) in [5.41, 5.74) is 0.602. The van der Waals surface area contributed by atoms with Crippen LogP contribution in [0.5, 0.6) is 0 Å². The second-order valence-corrected chi connectivity index (χ2v) is 4.96. The average Bonchev–Trinajstić information content (AvgIpc) is 2.80. The van der Waals surface area contributed by atoms with Crippen LogP contribution in [0.4, 0.5) is 0 Å². The summed E-state index contributed by atoms with van der Waals surface area (Å²) >= 11 is 0. The topological polar surface area (TPSA) is 21.9 Å². The first-order chi connectivity index (χ1) is 5.75. The monoisotopic (exact) mass is 167 g/mol. The highest BCUT2D eigenvalue weighted by molar-refractivity contribution is 5.09. The van der Waals surface area contributed by atoms with Gasteiger partial charge in [-0.05, 0) is 24.7 Å². The van der Waals surface area contributed by atoms with Gasteiger partial charge in [-0.1, -0.05) is 33.1 Å². The fourth-order valence-electron chi connectivity index (χ4n) is 2.97. The summed E-state index contributed by atoms with van der Waals surface area (Å²) in [5.74, 6) is 1.83. The molecule has 1 heterocycles. The molecule has 1 aliphatic carbocycles. The van der Waals surface area contributed by atoms with Gasteiger partial charge >= 0.3 is 0 Å². The van der Waals surface area contributed by atoms with Gasteiger partial charge in [0.2, 0.25) is 0 Å². The average molecular weight is 167 g/mol. The molecule has 2 rings (SSSR count). The minimum atomic E-state index is 0.602. The van der Waals surface area contributed by atoms with Gasteiger partial charge in [-0.25, -0.2) is 0 Å². The Balaban J connectivity index is 2.06. The molecule has 0 bridgehead atoms. The van der Waals surface area contributed by atoms with Crippen molar-refractivity contribution in [2.24, 2.45) is 11.8 Å². The molecular formula is C11H21N. The van der Waals surface area contributed by atoms with Crippen LogP contribution in [0.3, 0.4) is 0 Å². The van der Waals surface area contributed by atoms with Crippen LogP contribution in [-0.2, 0) is 0 Å². The summed E-state index contributed by atoms with van der Waals surface area (Å²) < 4.78 is 0. The summed E-state index contributed by atoms with van der Waals surface area (Å²) in [6.07, 6.45) is 7.29. The summed E-state index contributed by atoms with van der Waals surface area (Å²) in [7, 11) is 0. The largest absolute Gasteiger partial charge is 0.308 e. The summed E-state index contributed by atoms with van der Waals surface area (Å²) in [6, 6.07) is 0. The lowest BCUT2D eigenvalue weighted by Gasteiger charge is -2.26. The van der Waals surface area contributed by atoms with Crippen LogP contribution >= 0.6 is 0 Å². The van der Waals surface area contributed by atoms with E-state index in [-0.39, 0.29) is 0 Å². The maximum atomic E-state index is 3.62. The zero-order valence-corrected chi connectivity index (χ0v) is 8.40. The minimum Gasteiger partial charge on any atom is -0.308 e. The Morgan fingerprint density at radius 3 is 2.58 bits per heavy atom. The van der Waals surface area contributed by atoms with Gasteiger partial charge in [0, 0.05) is 12.1 Å². The van der Waals surface area contributed by atoms with Crippen LogP contribution in [0.1, 0.15) is 46.0 Å². The zero-order valence-electron chi connectivity index (χ0n) is 8.40. The van der Waals surface area contributed by atoms with E-state index in [1.165, 1.54) is 38.6 Å². The van der Waals surface area contributed by atoms with Crippen molar-refractivity contribution in [3.05, 3.63) is 0 Å². The number of hydrogen-bond acceptors (Lipinski definition) is 1. The Morgan fingerprint density at radius 1 is 1.25 bits per heavy atom. The first-order valence-corrected chi connectivity index (χ1v) is 5.50. The van der Waals surface area contributed by atoms with Gasteiger partial charge in [-0.2, -0.15) is 0 Å². The van der Waals surface area contributed by atoms with Crippen LogP contribution in [-0.4, -0.2) is 12.1 Å². The Morgan fingerprint density at radius 2 is 2.00 bits per heavy atom. The van der Waals surface area contributed by atoms with E-state index in [4.69, 9.17) is 0 Å². The van der Waals surface area contributed by atoms with Crippen molar-refractivity contribution in [3.63, 3.8) is 0 Å². The third kappa shape index (κ3) is 1.39. The van der Waals surface area contributed by atoms with Gasteiger partial charge in [0.15, 0.2) is 0 Å². The van der Waals surface area contributed by atoms with E-state index in [1.807, 2.05) is 0 Å². The Bertz CT molecular complexity index is 158. The molecule has 1 N–H and O–H groups in total. The van der Waals surface area contributed by atoms with Gasteiger partial charge in [-0.15, -0.1) is 0 Å². The standard InChI is InChI=1S/C11H21N/c1-9(2)10-6-4-3-5-7-11(10)8-12-11/h9-10,12H,3-8H2,1-2H3/t10-,11-/m0/s1. The zero-order chi connectivity index (χ0) is 8.60. The lowest BCUT2D eigenvalue weighted by Crippen LogP contribution is -2.30. The van der Waals surface area contributed by atoms with Crippen molar-refractivity contribution < 1.29 is 0 Å². The molecule has 0 unspecified atom stereocenters. The Hall–Kier alpha value is -0.0400. The van der Waals surface area contributed by atoms with Crippen LogP contribution < -0.4 is 5.32 Å². The lowest BCUT2D eigenvalue weighted by molar-refractivity contribution is 0.277. The molecule has 1 saturated heterocycles. The summed E-state index contributed by atoms with van der Waals surface area (Å²) in [5, 5.41) is 3.62. The predicted octanol–water partition coefficient (Wildman–Crippen LogP) is 2.56. The molecule has 2 atom stereocenters. The molecule has 1 saturated carbocycles. The first-order valence-electron chi connectivity index (χ1n) is 5.50. The minimum absolute atomic E-state index is 0.602.